The Morgan fingerprint density at radius 3 is 2.56 bits per heavy atom. The fourth-order valence-electron chi connectivity index (χ4n) is 2.53. The van der Waals surface area contributed by atoms with Crippen molar-refractivity contribution < 1.29 is 0 Å². The van der Waals surface area contributed by atoms with Gasteiger partial charge in [-0.25, -0.2) is 9.97 Å². The third-order valence-electron chi connectivity index (χ3n) is 4.20. The molecule has 0 aromatic carbocycles. The number of rotatable bonds is 3. The lowest BCUT2D eigenvalue weighted by Crippen LogP contribution is -2.38. The Labute approximate surface area is 110 Å². The summed E-state index contributed by atoms with van der Waals surface area (Å²) < 4.78 is 0. The normalized spacial score (nSPS) is 19.9. The minimum absolute atomic E-state index is 0.531. The number of nitrogens with zero attached hydrogens (tertiary/aromatic N) is 3. The number of piperidine rings is 1. The second-order valence-corrected chi connectivity index (χ2v) is 5.79. The first-order valence-electron chi connectivity index (χ1n) is 6.83. The van der Waals surface area contributed by atoms with Crippen molar-refractivity contribution >= 4 is 5.82 Å². The Balaban J connectivity index is 1.95. The van der Waals surface area contributed by atoms with Gasteiger partial charge in [-0.15, -0.1) is 0 Å². The minimum Gasteiger partial charge on any atom is -0.384 e. The zero-order valence-corrected chi connectivity index (χ0v) is 11.7. The van der Waals surface area contributed by atoms with Gasteiger partial charge in [-0.1, -0.05) is 20.3 Å². The van der Waals surface area contributed by atoms with Crippen LogP contribution in [0, 0.1) is 12.3 Å². The molecule has 0 saturated carbocycles. The van der Waals surface area contributed by atoms with Gasteiger partial charge in [0.15, 0.2) is 0 Å². The highest BCUT2D eigenvalue weighted by Gasteiger charge is 2.28. The molecule has 0 spiro atoms. The number of likely N-dealkylation sites (tertiary alicyclic amines) is 1. The molecule has 1 aromatic rings. The second kappa shape index (κ2) is 5.22. The van der Waals surface area contributed by atoms with Crippen molar-refractivity contribution in [2.75, 3.05) is 18.8 Å². The van der Waals surface area contributed by atoms with Crippen LogP contribution in [0.25, 0.3) is 0 Å². The van der Waals surface area contributed by atoms with E-state index in [1.54, 1.807) is 0 Å². The summed E-state index contributed by atoms with van der Waals surface area (Å²) in [7, 11) is 0. The highest BCUT2D eigenvalue weighted by atomic mass is 15.2. The van der Waals surface area contributed by atoms with Crippen LogP contribution in [0.15, 0.2) is 6.07 Å². The maximum absolute atomic E-state index is 5.76. The van der Waals surface area contributed by atoms with Crippen LogP contribution in [0.4, 0.5) is 5.82 Å². The maximum atomic E-state index is 5.76. The SMILES string of the molecule is CCC1(C)CCN(Cc2nc(C)cc(N)n2)CC1. The molecule has 0 unspecified atom stereocenters. The Hall–Kier alpha value is -1.16. The number of hydrogen-bond acceptors (Lipinski definition) is 4. The number of anilines is 1. The van der Waals surface area contributed by atoms with Crippen LogP contribution < -0.4 is 5.73 Å². The summed E-state index contributed by atoms with van der Waals surface area (Å²) in [6, 6.07) is 1.81. The third kappa shape index (κ3) is 3.19. The van der Waals surface area contributed by atoms with E-state index in [0.29, 0.717) is 11.2 Å². The van der Waals surface area contributed by atoms with Crippen molar-refractivity contribution in [2.24, 2.45) is 5.41 Å². The van der Waals surface area contributed by atoms with Crippen LogP contribution in [-0.2, 0) is 6.54 Å². The first kappa shape index (κ1) is 13.3. The average molecular weight is 248 g/mol. The van der Waals surface area contributed by atoms with E-state index in [4.69, 9.17) is 5.73 Å². The first-order chi connectivity index (χ1) is 8.50. The van der Waals surface area contributed by atoms with E-state index in [0.717, 1.165) is 31.2 Å². The quantitative estimate of drug-likeness (QED) is 0.892. The van der Waals surface area contributed by atoms with Gasteiger partial charge in [0.05, 0.1) is 6.54 Å². The summed E-state index contributed by atoms with van der Waals surface area (Å²) in [5.74, 6) is 1.43. The van der Waals surface area contributed by atoms with E-state index in [1.165, 1.54) is 19.3 Å². The molecule has 0 radical (unpaired) electrons. The molecule has 1 aliphatic heterocycles. The molecule has 0 aliphatic carbocycles. The van der Waals surface area contributed by atoms with Gasteiger partial charge >= 0.3 is 0 Å². The Bertz CT molecular complexity index is 388. The first-order valence-corrected chi connectivity index (χ1v) is 6.83. The smallest absolute Gasteiger partial charge is 0.144 e. The molecule has 2 N–H and O–H groups in total. The maximum Gasteiger partial charge on any atom is 0.144 e. The molecular weight excluding hydrogens is 224 g/mol. The molecule has 4 nitrogen and oxygen atoms in total. The molecule has 0 atom stereocenters. The molecule has 100 valence electrons. The summed E-state index contributed by atoms with van der Waals surface area (Å²) >= 11 is 0. The van der Waals surface area contributed by atoms with Gasteiger partial charge in [0.2, 0.25) is 0 Å². The lowest BCUT2D eigenvalue weighted by Gasteiger charge is -2.38. The van der Waals surface area contributed by atoms with Gasteiger partial charge in [-0.05, 0) is 38.3 Å². The second-order valence-electron chi connectivity index (χ2n) is 5.79. The Morgan fingerprint density at radius 1 is 1.33 bits per heavy atom. The van der Waals surface area contributed by atoms with E-state index >= 15 is 0 Å². The van der Waals surface area contributed by atoms with Crippen molar-refractivity contribution in [3.63, 3.8) is 0 Å². The van der Waals surface area contributed by atoms with Crippen LogP contribution in [-0.4, -0.2) is 28.0 Å². The van der Waals surface area contributed by atoms with E-state index in [1.807, 2.05) is 13.0 Å². The van der Waals surface area contributed by atoms with E-state index in [2.05, 4.69) is 28.7 Å². The molecule has 0 bridgehead atoms. The van der Waals surface area contributed by atoms with Crippen molar-refractivity contribution in [3.05, 3.63) is 17.6 Å². The van der Waals surface area contributed by atoms with Gasteiger partial charge in [0.1, 0.15) is 11.6 Å². The van der Waals surface area contributed by atoms with Crippen molar-refractivity contribution in [2.45, 2.75) is 46.6 Å². The predicted molar refractivity (Wildman–Crippen MR) is 74.1 cm³/mol. The minimum atomic E-state index is 0.531. The van der Waals surface area contributed by atoms with Gasteiger partial charge in [0.25, 0.3) is 0 Å². The summed E-state index contributed by atoms with van der Waals surface area (Å²) in [5.41, 5.74) is 7.24. The Morgan fingerprint density at radius 2 is 2.00 bits per heavy atom. The zero-order chi connectivity index (χ0) is 13.2. The molecule has 18 heavy (non-hydrogen) atoms. The highest BCUT2D eigenvalue weighted by molar-refractivity contribution is 5.29. The van der Waals surface area contributed by atoms with Gasteiger partial charge in [-0.2, -0.15) is 0 Å². The molecule has 0 amide bonds. The zero-order valence-electron chi connectivity index (χ0n) is 11.7. The Kier molecular flexibility index (Phi) is 3.85. The molecule has 2 heterocycles. The molecule has 1 saturated heterocycles. The summed E-state index contributed by atoms with van der Waals surface area (Å²) in [6.45, 7) is 9.76. The summed E-state index contributed by atoms with van der Waals surface area (Å²) in [4.78, 5) is 11.2. The molecule has 4 heteroatoms. The fraction of sp³-hybridized carbons (Fsp3) is 0.714. The van der Waals surface area contributed by atoms with Crippen LogP contribution in [0.3, 0.4) is 0 Å². The van der Waals surface area contributed by atoms with Crippen LogP contribution >= 0.6 is 0 Å². The summed E-state index contributed by atoms with van der Waals surface area (Å²) in [6.07, 6.45) is 3.81. The number of aromatic nitrogens is 2. The lowest BCUT2D eigenvalue weighted by atomic mass is 9.78. The average Bonchev–Trinajstić information content (AvgIpc) is 2.31. The summed E-state index contributed by atoms with van der Waals surface area (Å²) in [5, 5.41) is 0. The van der Waals surface area contributed by atoms with Gasteiger partial charge < -0.3 is 5.73 Å². The van der Waals surface area contributed by atoms with Crippen LogP contribution in [0.5, 0.6) is 0 Å². The van der Waals surface area contributed by atoms with Crippen molar-refractivity contribution in [1.82, 2.24) is 14.9 Å². The largest absolute Gasteiger partial charge is 0.384 e. The predicted octanol–water partition coefficient (Wildman–Crippen LogP) is 2.38. The number of nitrogens with two attached hydrogens (primary N) is 1. The van der Waals surface area contributed by atoms with Gasteiger partial charge in [0, 0.05) is 11.8 Å². The monoisotopic (exact) mass is 248 g/mol. The topological polar surface area (TPSA) is 55.0 Å². The van der Waals surface area contributed by atoms with E-state index in [9.17, 15) is 0 Å². The lowest BCUT2D eigenvalue weighted by molar-refractivity contribution is 0.107. The van der Waals surface area contributed by atoms with E-state index < -0.39 is 0 Å². The molecule has 1 aliphatic rings. The van der Waals surface area contributed by atoms with Gasteiger partial charge in [-0.3, -0.25) is 4.90 Å². The van der Waals surface area contributed by atoms with Crippen LogP contribution in [0.2, 0.25) is 0 Å². The van der Waals surface area contributed by atoms with E-state index in [-0.39, 0.29) is 0 Å². The standard InChI is InChI=1S/C14H24N4/c1-4-14(3)5-7-18(8-6-14)10-13-16-11(2)9-12(15)17-13/h9H,4-8,10H2,1-3H3,(H2,15,16,17). The highest BCUT2D eigenvalue weighted by Crippen LogP contribution is 2.34. The molecule has 2 rings (SSSR count). The number of aryl methyl sites for hydroxylation is 1. The fourth-order valence-corrected chi connectivity index (χ4v) is 2.53. The molecule has 1 fully saturated rings. The van der Waals surface area contributed by atoms with Crippen LogP contribution in [0.1, 0.15) is 44.6 Å². The third-order valence-corrected chi connectivity index (χ3v) is 4.20. The molecule has 1 aromatic heterocycles. The molecular formula is C14H24N4. The number of nitrogen functional groups attached to an aromatic ring is 1. The number of hydrogen-bond donors (Lipinski definition) is 1. The van der Waals surface area contributed by atoms with Crippen molar-refractivity contribution in [1.29, 1.82) is 0 Å². The van der Waals surface area contributed by atoms with Crippen molar-refractivity contribution in [3.8, 4) is 0 Å².